The predicted molar refractivity (Wildman–Crippen MR) is 105 cm³/mol. The molecule has 1 aromatic heterocycles. The molecule has 7 heteroatoms. The number of halogens is 1. The van der Waals surface area contributed by atoms with E-state index in [1.54, 1.807) is 18.3 Å². The van der Waals surface area contributed by atoms with Crippen molar-refractivity contribution in [2.75, 3.05) is 0 Å². The molecule has 0 aliphatic carbocycles. The SMILES string of the molecule is O=C1C(CCc2ccccc2)ON=C(c2cnccn2)N1Cc1ccc(F)cc1. The molecule has 1 aliphatic heterocycles. The van der Waals surface area contributed by atoms with Crippen LogP contribution in [0.1, 0.15) is 23.2 Å². The third kappa shape index (κ3) is 4.45. The van der Waals surface area contributed by atoms with Crippen LogP contribution in [0.25, 0.3) is 0 Å². The summed E-state index contributed by atoms with van der Waals surface area (Å²) >= 11 is 0. The Morgan fingerprint density at radius 2 is 1.79 bits per heavy atom. The molecule has 146 valence electrons. The predicted octanol–water partition coefficient (Wildman–Crippen LogP) is 3.34. The minimum atomic E-state index is -0.698. The van der Waals surface area contributed by atoms with Gasteiger partial charge in [-0.3, -0.25) is 14.7 Å². The fraction of sp³-hybridized carbons (Fsp3) is 0.182. The van der Waals surface area contributed by atoms with Gasteiger partial charge in [0.05, 0.1) is 12.7 Å². The van der Waals surface area contributed by atoms with Crippen LogP contribution in [0.15, 0.2) is 78.3 Å². The summed E-state index contributed by atoms with van der Waals surface area (Å²) in [7, 11) is 0. The van der Waals surface area contributed by atoms with E-state index >= 15 is 0 Å². The summed E-state index contributed by atoms with van der Waals surface area (Å²) < 4.78 is 13.3. The van der Waals surface area contributed by atoms with Gasteiger partial charge < -0.3 is 4.84 Å². The van der Waals surface area contributed by atoms with Gasteiger partial charge in [-0.2, -0.15) is 0 Å². The molecule has 1 aliphatic rings. The van der Waals surface area contributed by atoms with Crippen LogP contribution in [0.5, 0.6) is 0 Å². The first-order chi connectivity index (χ1) is 14.2. The minimum Gasteiger partial charge on any atom is -0.381 e. The van der Waals surface area contributed by atoms with Crippen molar-refractivity contribution < 1.29 is 14.0 Å². The molecule has 1 unspecified atom stereocenters. The number of oxime groups is 1. The Kier molecular flexibility index (Phi) is 5.56. The lowest BCUT2D eigenvalue weighted by atomic mass is 10.1. The Hall–Kier alpha value is -3.61. The number of hydrogen-bond acceptors (Lipinski definition) is 5. The second-order valence-corrected chi connectivity index (χ2v) is 6.67. The first-order valence-electron chi connectivity index (χ1n) is 9.30. The molecule has 0 radical (unpaired) electrons. The zero-order chi connectivity index (χ0) is 20.1. The second-order valence-electron chi connectivity index (χ2n) is 6.67. The van der Waals surface area contributed by atoms with E-state index in [0.29, 0.717) is 24.4 Å². The van der Waals surface area contributed by atoms with E-state index in [9.17, 15) is 9.18 Å². The van der Waals surface area contributed by atoms with Crippen LogP contribution in [0.4, 0.5) is 4.39 Å². The molecule has 0 saturated carbocycles. The maximum atomic E-state index is 13.3. The Labute approximate surface area is 167 Å². The fourth-order valence-corrected chi connectivity index (χ4v) is 3.13. The number of nitrogens with zero attached hydrogens (tertiary/aromatic N) is 4. The van der Waals surface area contributed by atoms with Gasteiger partial charge >= 0.3 is 0 Å². The number of aromatic nitrogens is 2. The van der Waals surface area contributed by atoms with Crippen LogP contribution in [-0.2, 0) is 22.6 Å². The summed E-state index contributed by atoms with van der Waals surface area (Å²) in [6.45, 7) is 0.236. The van der Waals surface area contributed by atoms with E-state index in [-0.39, 0.29) is 18.3 Å². The summed E-state index contributed by atoms with van der Waals surface area (Å²) in [5.41, 5.74) is 2.34. The normalized spacial score (nSPS) is 16.3. The van der Waals surface area contributed by atoms with Crippen molar-refractivity contribution in [2.45, 2.75) is 25.5 Å². The molecule has 4 rings (SSSR count). The van der Waals surface area contributed by atoms with Crippen molar-refractivity contribution in [2.24, 2.45) is 5.16 Å². The van der Waals surface area contributed by atoms with E-state index in [2.05, 4.69) is 15.1 Å². The summed E-state index contributed by atoms with van der Waals surface area (Å²) in [6.07, 6.45) is 5.09. The molecule has 0 fully saturated rings. The van der Waals surface area contributed by atoms with Crippen LogP contribution in [0.3, 0.4) is 0 Å². The minimum absolute atomic E-state index is 0.207. The molecule has 1 amide bonds. The number of benzene rings is 2. The van der Waals surface area contributed by atoms with Gasteiger partial charge in [-0.25, -0.2) is 9.37 Å². The van der Waals surface area contributed by atoms with E-state index in [1.165, 1.54) is 29.4 Å². The molecule has 1 atom stereocenters. The van der Waals surface area contributed by atoms with Crippen LogP contribution in [-0.4, -0.2) is 32.7 Å². The zero-order valence-corrected chi connectivity index (χ0v) is 15.6. The summed E-state index contributed by atoms with van der Waals surface area (Å²) in [5.74, 6) is -0.241. The van der Waals surface area contributed by atoms with Gasteiger partial charge in [-0.05, 0) is 29.7 Å². The van der Waals surface area contributed by atoms with Gasteiger partial charge in [0.15, 0.2) is 0 Å². The van der Waals surface area contributed by atoms with E-state index in [1.807, 2.05) is 30.3 Å². The molecular formula is C22H19FN4O2. The monoisotopic (exact) mass is 390 g/mol. The van der Waals surface area contributed by atoms with Crippen molar-refractivity contribution in [3.05, 3.63) is 95.8 Å². The Balaban J connectivity index is 1.57. The highest BCUT2D eigenvalue weighted by molar-refractivity contribution is 6.08. The highest BCUT2D eigenvalue weighted by atomic mass is 19.1. The number of rotatable bonds is 6. The van der Waals surface area contributed by atoms with Gasteiger partial charge in [0, 0.05) is 18.8 Å². The molecule has 6 nitrogen and oxygen atoms in total. The third-order valence-corrected chi connectivity index (χ3v) is 4.65. The number of carbonyl (C=O) groups excluding carboxylic acids is 1. The quantitative estimate of drug-likeness (QED) is 0.647. The summed E-state index contributed by atoms with van der Waals surface area (Å²) in [4.78, 5) is 28.5. The zero-order valence-electron chi connectivity index (χ0n) is 15.6. The van der Waals surface area contributed by atoms with Gasteiger partial charge in [-0.1, -0.05) is 47.6 Å². The lowest BCUT2D eigenvalue weighted by Crippen LogP contribution is -2.47. The third-order valence-electron chi connectivity index (χ3n) is 4.65. The molecule has 0 bridgehead atoms. The number of amides is 1. The molecule has 0 saturated heterocycles. The standard InChI is InChI=1S/C22H19FN4O2/c23-18-9-6-17(7-10-18)15-27-21(19-14-24-12-13-25-19)26-29-20(22(27)28)11-8-16-4-2-1-3-5-16/h1-7,9-10,12-14,20H,8,11,15H2. The van der Waals surface area contributed by atoms with Crippen LogP contribution >= 0.6 is 0 Å². The second kappa shape index (κ2) is 8.60. The van der Waals surface area contributed by atoms with Crippen LogP contribution in [0.2, 0.25) is 0 Å². The number of hydrogen-bond donors (Lipinski definition) is 0. The van der Waals surface area contributed by atoms with Crippen molar-refractivity contribution >= 4 is 11.7 Å². The van der Waals surface area contributed by atoms with Crippen molar-refractivity contribution in [3.63, 3.8) is 0 Å². The van der Waals surface area contributed by atoms with Crippen molar-refractivity contribution in [1.82, 2.24) is 14.9 Å². The Morgan fingerprint density at radius 3 is 2.52 bits per heavy atom. The Morgan fingerprint density at radius 1 is 1.00 bits per heavy atom. The summed E-state index contributed by atoms with van der Waals surface area (Å²) in [5, 5.41) is 4.18. The lowest BCUT2D eigenvalue weighted by Gasteiger charge is -2.31. The highest BCUT2D eigenvalue weighted by Gasteiger charge is 2.35. The molecule has 0 spiro atoms. The van der Waals surface area contributed by atoms with E-state index < -0.39 is 6.10 Å². The maximum Gasteiger partial charge on any atom is 0.272 e. The molecule has 3 aromatic rings. The molecule has 0 N–H and O–H groups in total. The molecule has 29 heavy (non-hydrogen) atoms. The average Bonchev–Trinajstić information content (AvgIpc) is 2.77. The first-order valence-corrected chi connectivity index (χ1v) is 9.30. The molecule has 2 heterocycles. The van der Waals surface area contributed by atoms with E-state index in [0.717, 1.165) is 11.1 Å². The largest absolute Gasteiger partial charge is 0.381 e. The number of amidine groups is 1. The molecular weight excluding hydrogens is 371 g/mol. The first kappa shape index (κ1) is 18.7. The van der Waals surface area contributed by atoms with Gasteiger partial charge in [-0.15, -0.1) is 0 Å². The lowest BCUT2D eigenvalue weighted by molar-refractivity contribution is -0.143. The average molecular weight is 390 g/mol. The van der Waals surface area contributed by atoms with Crippen molar-refractivity contribution in [1.29, 1.82) is 0 Å². The van der Waals surface area contributed by atoms with Gasteiger partial charge in [0.2, 0.25) is 11.9 Å². The highest BCUT2D eigenvalue weighted by Crippen LogP contribution is 2.20. The fourth-order valence-electron chi connectivity index (χ4n) is 3.13. The van der Waals surface area contributed by atoms with Gasteiger partial charge in [0.1, 0.15) is 11.5 Å². The molecule has 2 aromatic carbocycles. The topological polar surface area (TPSA) is 67.7 Å². The smallest absolute Gasteiger partial charge is 0.272 e. The van der Waals surface area contributed by atoms with Gasteiger partial charge in [0.25, 0.3) is 5.91 Å². The number of carbonyl (C=O) groups is 1. The number of aryl methyl sites for hydroxylation is 1. The summed E-state index contributed by atoms with van der Waals surface area (Å²) in [6, 6.07) is 15.9. The van der Waals surface area contributed by atoms with E-state index in [4.69, 9.17) is 4.84 Å². The van der Waals surface area contributed by atoms with Crippen molar-refractivity contribution in [3.8, 4) is 0 Å². The van der Waals surface area contributed by atoms with Crippen LogP contribution in [0, 0.1) is 5.82 Å². The Bertz CT molecular complexity index is 994. The maximum absolute atomic E-state index is 13.3. The van der Waals surface area contributed by atoms with Crippen LogP contribution < -0.4 is 0 Å².